The van der Waals surface area contributed by atoms with Crippen molar-refractivity contribution < 1.29 is 14.3 Å². The van der Waals surface area contributed by atoms with Crippen LogP contribution in [0.3, 0.4) is 0 Å². The number of hydrogen-bond donors (Lipinski definition) is 0. The van der Waals surface area contributed by atoms with Crippen LogP contribution in [0.25, 0.3) is 0 Å². The lowest BCUT2D eigenvalue weighted by Crippen LogP contribution is -2.37. The number of ether oxygens (including phenoxy) is 1. The highest BCUT2D eigenvalue weighted by atomic mass is 32.1. The van der Waals surface area contributed by atoms with E-state index in [0.717, 1.165) is 36.6 Å². The summed E-state index contributed by atoms with van der Waals surface area (Å²) >= 11 is 1.44. The number of nitrogens with zero attached hydrogens (tertiary/aromatic N) is 2. The van der Waals surface area contributed by atoms with Gasteiger partial charge in [0.1, 0.15) is 4.88 Å². The molecule has 1 aliphatic heterocycles. The molecule has 1 fully saturated rings. The summed E-state index contributed by atoms with van der Waals surface area (Å²) in [6, 6.07) is 0. The van der Waals surface area contributed by atoms with E-state index in [0.29, 0.717) is 23.8 Å². The van der Waals surface area contributed by atoms with Gasteiger partial charge < -0.3 is 9.64 Å². The molecule has 6 heteroatoms. The Balaban J connectivity index is 2.02. The molecule has 5 nitrogen and oxygen atoms in total. The lowest BCUT2D eigenvalue weighted by Gasteiger charge is -2.30. The zero-order valence-electron chi connectivity index (χ0n) is 12.8. The first-order valence-electron chi connectivity index (χ1n) is 7.49. The fourth-order valence-corrected chi connectivity index (χ4v) is 3.71. The number of aromatic nitrogens is 1. The highest BCUT2D eigenvalue weighted by molar-refractivity contribution is 7.13. The molecular formula is C15H22N2O3S. The van der Waals surface area contributed by atoms with Crippen molar-refractivity contribution in [3.8, 4) is 0 Å². The van der Waals surface area contributed by atoms with Crippen molar-refractivity contribution in [1.82, 2.24) is 9.88 Å². The molecule has 0 N–H and O–H groups in total. The van der Waals surface area contributed by atoms with Gasteiger partial charge in [-0.15, -0.1) is 11.3 Å². The van der Waals surface area contributed by atoms with Gasteiger partial charge in [-0.2, -0.15) is 0 Å². The summed E-state index contributed by atoms with van der Waals surface area (Å²) in [6.07, 6.45) is 2.40. The van der Waals surface area contributed by atoms with Gasteiger partial charge in [-0.3, -0.25) is 4.79 Å². The molecule has 0 atom stereocenters. The Labute approximate surface area is 129 Å². The average molecular weight is 310 g/mol. The summed E-state index contributed by atoms with van der Waals surface area (Å²) in [5, 5.41) is 0.999. The van der Waals surface area contributed by atoms with Crippen LogP contribution >= 0.6 is 11.3 Å². The van der Waals surface area contributed by atoms with Crippen LogP contribution in [0.5, 0.6) is 0 Å². The van der Waals surface area contributed by atoms with Crippen molar-refractivity contribution in [3.05, 3.63) is 15.6 Å². The molecule has 0 aromatic carbocycles. The number of carbonyl (C=O) groups is 2. The lowest BCUT2D eigenvalue weighted by atomic mass is 9.97. The van der Waals surface area contributed by atoms with Crippen molar-refractivity contribution in [2.75, 3.05) is 19.7 Å². The molecule has 0 unspecified atom stereocenters. The van der Waals surface area contributed by atoms with Crippen molar-refractivity contribution in [1.29, 1.82) is 0 Å². The first-order valence-corrected chi connectivity index (χ1v) is 8.30. The van der Waals surface area contributed by atoms with Crippen LogP contribution in [0.1, 0.15) is 59.4 Å². The van der Waals surface area contributed by atoms with Gasteiger partial charge in [-0.1, -0.05) is 6.92 Å². The fraction of sp³-hybridized carbons (Fsp3) is 0.667. The average Bonchev–Trinajstić information content (AvgIpc) is 2.89. The molecule has 0 spiro atoms. The highest BCUT2D eigenvalue weighted by Gasteiger charge is 2.27. The molecule has 1 aliphatic rings. The first-order chi connectivity index (χ1) is 10.1. The quantitative estimate of drug-likeness (QED) is 0.802. The summed E-state index contributed by atoms with van der Waals surface area (Å²) in [5.74, 6) is 0.283. The van der Waals surface area contributed by atoms with E-state index in [-0.39, 0.29) is 11.9 Å². The maximum Gasteiger partial charge on any atom is 0.350 e. The monoisotopic (exact) mass is 310 g/mol. The maximum atomic E-state index is 11.8. The normalized spacial score (nSPS) is 16.0. The summed E-state index contributed by atoms with van der Waals surface area (Å²) in [4.78, 5) is 30.6. The molecule has 1 aromatic heterocycles. The van der Waals surface area contributed by atoms with Crippen molar-refractivity contribution in [3.63, 3.8) is 0 Å². The van der Waals surface area contributed by atoms with Crippen molar-refractivity contribution in [2.24, 2.45) is 0 Å². The number of likely N-dealkylation sites (tertiary alicyclic amines) is 1. The SMILES string of the molecule is CCOC(=O)c1sc(C2CCN(C(=O)CC)CC2)nc1C. The van der Waals surface area contributed by atoms with Crippen molar-refractivity contribution in [2.45, 2.75) is 46.0 Å². The Kier molecular flexibility index (Phi) is 5.33. The number of amides is 1. The molecule has 2 heterocycles. The van der Waals surface area contributed by atoms with Crippen molar-refractivity contribution >= 4 is 23.2 Å². The van der Waals surface area contributed by atoms with Crippen LogP contribution in [0.2, 0.25) is 0 Å². The molecule has 21 heavy (non-hydrogen) atoms. The third-order valence-electron chi connectivity index (χ3n) is 3.77. The van der Waals surface area contributed by atoms with Gasteiger partial charge in [0.25, 0.3) is 0 Å². The van der Waals surface area contributed by atoms with E-state index < -0.39 is 0 Å². The van der Waals surface area contributed by atoms with E-state index in [1.54, 1.807) is 6.92 Å². The number of hydrogen-bond acceptors (Lipinski definition) is 5. The Morgan fingerprint density at radius 2 is 2.00 bits per heavy atom. The summed E-state index contributed by atoms with van der Waals surface area (Å²) in [6.45, 7) is 7.49. The highest BCUT2D eigenvalue weighted by Crippen LogP contribution is 2.33. The van der Waals surface area contributed by atoms with E-state index in [2.05, 4.69) is 4.98 Å². The first kappa shape index (κ1) is 15.9. The number of thiazole rings is 1. The van der Waals surface area contributed by atoms with Gasteiger partial charge in [-0.25, -0.2) is 9.78 Å². The topological polar surface area (TPSA) is 59.5 Å². The predicted molar refractivity (Wildman–Crippen MR) is 81.7 cm³/mol. The number of carbonyl (C=O) groups excluding carboxylic acids is 2. The molecule has 0 radical (unpaired) electrons. The number of esters is 1. The van der Waals surface area contributed by atoms with E-state index in [4.69, 9.17) is 4.74 Å². The minimum Gasteiger partial charge on any atom is -0.462 e. The van der Waals surface area contributed by atoms with Crippen LogP contribution < -0.4 is 0 Å². The standard InChI is InChI=1S/C15H22N2O3S/c1-4-12(18)17-8-6-11(7-9-17)14-16-10(3)13(21-14)15(19)20-5-2/h11H,4-9H2,1-3H3. The van der Waals surface area contributed by atoms with Gasteiger partial charge in [0.2, 0.25) is 5.91 Å². The van der Waals surface area contributed by atoms with Crippen LogP contribution in [0.4, 0.5) is 0 Å². The zero-order valence-corrected chi connectivity index (χ0v) is 13.7. The van der Waals surface area contributed by atoms with Gasteiger partial charge >= 0.3 is 5.97 Å². The molecule has 1 saturated heterocycles. The summed E-state index contributed by atoms with van der Waals surface area (Å²) in [5.41, 5.74) is 0.750. The van der Waals surface area contributed by atoms with Crippen LogP contribution in [-0.4, -0.2) is 41.5 Å². The minimum absolute atomic E-state index is 0.219. The Bertz CT molecular complexity index is 519. The van der Waals surface area contributed by atoms with E-state index in [1.165, 1.54) is 11.3 Å². The van der Waals surface area contributed by atoms with E-state index in [1.807, 2.05) is 18.7 Å². The number of aryl methyl sites for hydroxylation is 1. The maximum absolute atomic E-state index is 11.8. The molecular weight excluding hydrogens is 288 g/mol. The Morgan fingerprint density at radius 3 is 2.57 bits per heavy atom. The molecule has 0 bridgehead atoms. The number of piperidine rings is 1. The van der Waals surface area contributed by atoms with Crippen LogP contribution in [0, 0.1) is 6.92 Å². The summed E-state index contributed by atoms with van der Waals surface area (Å²) in [7, 11) is 0. The minimum atomic E-state index is -0.280. The summed E-state index contributed by atoms with van der Waals surface area (Å²) < 4.78 is 5.05. The Morgan fingerprint density at radius 1 is 1.33 bits per heavy atom. The van der Waals surface area contributed by atoms with Gasteiger partial charge in [-0.05, 0) is 26.7 Å². The molecule has 1 amide bonds. The zero-order chi connectivity index (χ0) is 15.4. The second kappa shape index (κ2) is 7.02. The Hall–Kier alpha value is -1.43. The fourth-order valence-electron chi connectivity index (χ4n) is 2.58. The molecule has 0 saturated carbocycles. The van der Waals surface area contributed by atoms with Crippen LogP contribution in [-0.2, 0) is 9.53 Å². The second-order valence-electron chi connectivity index (χ2n) is 5.20. The number of rotatable bonds is 4. The smallest absolute Gasteiger partial charge is 0.350 e. The third-order valence-corrected chi connectivity index (χ3v) is 5.07. The van der Waals surface area contributed by atoms with Gasteiger partial charge in [0, 0.05) is 25.4 Å². The van der Waals surface area contributed by atoms with E-state index in [9.17, 15) is 9.59 Å². The van der Waals surface area contributed by atoms with E-state index >= 15 is 0 Å². The third kappa shape index (κ3) is 3.61. The second-order valence-corrected chi connectivity index (χ2v) is 6.23. The van der Waals surface area contributed by atoms with Gasteiger partial charge in [0.15, 0.2) is 0 Å². The largest absolute Gasteiger partial charge is 0.462 e. The lowest BCUT2D eigenvalue weighted by molar-refractivity contribution is -0.131. The molecule has 0 aliphatic carbocycles. The molecule has 116 valence electrons. The predicted octanol–water partition coefficient (Wildman–Crippen LogP) is 2.74. The molecule has 2 rings (SSSR count). The van der Waals surface area contributed by atoms with Crippen LogP contribution in [0.15, 0.2) is 0 Å². The molecule has 1 aromatic rings. The van der Waals surface area contributed by atoms with Gasteiger partial charge in [0.05, 0.1) is 17.3 Å².